The van der Waals surface area contributed by atoms with Crippen molar-refractivity contribution in [2.45, 2.75) is 77.5 Å². The molecule has 2 unspecified atom stereocenters. The molecule has 7 rings (SSSR count). The van der Waals surface area contributed by atoms with Gasteiger partial charge in [0, 0.05) is 25.6 Å². The lowest BCUT2D eigenvalue weighted by atomic mass is 9.91. The second-order valence-electron chi connectivity index (χ2n) is 14.7. The predicted molar refractivity (Wildman–Crippen MR) is 185 cm³/mol. The molecule has 1 amide bonds. The number of hydrogen-bond acceptors (Lipinski definition) is 9. The maximum absolute atomic E-state index is 17.1. The van der Waals surface area contributed by atoms with E-state index in [0.717, 1.165) is 19.1 Å². The third kappa shape index (κ3) is 6.52. The predicted octanol–water partition coefficient (Wildman–Crippen LogP) is 7.36. The van der Waals surface area contributed by atoms with E-state index >= 15 is 13.2 Å². The number of amides is 1. The maximum Gasteiger partial charge on any atom is 0.410 e. The Balaban J connectivity index is 1.37. The first-order valence-corrected chi connectivity index (χ1v) is 17.3. The number of rotatable bonds is 10. The van der Waals surface area contributed by atoms with Crippen LogP contribution in [0, 0.1) is 22.9 Å². The molecule has 270 valence electrons. The van der Waals surface area contributed by atoms with Crippen LogP contribution >= 0.6 is 0 Å². The highest BCUT2D eigenvalue weighted by atomic mass is 19.1. The molecule has 10 nitrogen and oxygen atoms in total. The first-order chi connectivity index (χ1) is 24.3. The number of benzene rings is 3. The van der Waals surface area contributed by atoms with E-state index in [4.69, 9.17) is 18.9 Å². The molecule has 2 saturated heterocycles. The van der Waals surface area contributed by atoms with Crippen molar-refractivity contribution in [1.29, 1.82) is 0 Å². The van der Waals surface area contributed by atoms with Crippen LogP contribution in [0.15, 0.2) is 30.3 Å². The number of anilines is 1. The minimum absolute atomic E-state index is 0.0114. The van der Waals surface area contributed by atoms with Crippen molar-refractivity contribution in [2.24, 2.45) is 5.41 Å². The van der Waals surface area contributed by atoms with Gasteiger partial charge in [-0.05, 0) is 99.0 Å². The van der Waals surface area contributed by atoms with E-state index in [1.165, 1.54) is 25.3 Å². The number of hydrogen-bond donors (Lipinski definition) is 0. The van der Waals surface area contributed by atoms with Gasteiger partial charge in [0.2, 0.25) is 0 Å². The van der Waals surface area contributed by atoms with Crippen LogP contribution in [0.25, 0.3) is 32.8 Å². The number of nitrogens with zero attached hydrogens (tertiary/aromatic N) is 4. The molecular weight excluding hydrogens is 665 g/mol. The molecule has 2 bridgehead atoms. The van der Waals surface area contributed by atoms with E-state index in [1.54, 1.807) is 24.0 Å². The molecule has 1 saturated carbocycles. The SMILES string of the molecule is CCc1c(F)ccc2cc(OCOC)cc(-c3c(F)cc4c(N5CC6CCC(C5)N6C(=O)OC(C)(C)C)nc(OCC5(C=O)CC5)nc4c3F)c12. The summed E-state index contributed by atoms with van der Waals surface area (Å²) in [6, 6.07) is 6.62. The first kappa shape index (κ1) is 34.8. The number of ether oxygens (including phenoxy) is 4. The smallest absolute Gasteiger partial charge is 0.410 e. The Labute approximate surface area is 293 Å². The summed E-state index contributed by atoms with van der Waals surface area (Å²) in [5, 5.41) is 0.993. The molecule has 51 heavy (non-hydrogen) atoms. The number of halogens is 3. The highest BCUT2D eigenvalue weighted by molar-refractivity contribution is 6.03. The van der Waals surface area contributed by atoms with Crippen molar-refractivity contribution in [3.05, 3.63) is 53.3 Å². The van der Waals surface area contributed by atoms with Crippen molar-refractivity contribution in [3.8, 4) is 22.9 Å². The van der Waals surface area contributed by atoms with Crippen LogP contribution in [0.1, 0.15) is 58.9 Å². The molecule has 0 radical (unpaired) electrons. The first-order valence-electron chi connectivity index (χ1n) is 17.3. The van der Waals surface area contributed by atoms with Crippen molar-refractivity contribution in [2.75, 3.05) is 38.5 Å². The largest absolute Gasteiger partial charge is 0.468 e. The molecule has 3 fully saturated rings. The average Bonchev–Trinajstić information content (AvgIpc) is 3.82. The van der Waals surface area contributed by atoms with Crippen molar-refractivity contribution < 1.29 is 41.7 Å². The van der Waals surface area contributed by atoms with Crippen LogP contribution in [0.3, 0.4) is 0 Å². The molecule has 13 heteroatoms. The van der Waals surface area contributed by atoms with Crippen LogP contribution < -0.4 is 14.4 Å². The molecule has 1 aliphatic carbocycles. The zero-order valence-electron chi connectivity index (χ0n) is 29.4. The average molecular weight is 707 g/mol. The molecule has 1 aromatic heterocycles. The minimum atomic E-state index is -0.984. The van der Waals surface area contributed by atoms with Crippen LogP contribution in [-0.2, 0) is 20.7 Å². The molecule has 2 atom stereocenters. The van der Waals surface area contributed by atoms with Gasteiger partial charge in [-0.3, -0.25) is 4.90 Å². The van der Waals surface area contributed by atoms with Gasteiger partial charge in [0.25, 0.3) is 0 Å². The third-order valence-corrected chi connectivity index (χ3v) is 9.97. The number of fused-ring (bicyclic) bond motifs is 4. The molecule has 2 aliphatic heterocycles. The van der Waals surface area contributed by atoms with Gasteiger partial charge in [0.05, 0.1) is 23.1 Å². The Hall–Kier alpha value is -4.65. The van der Waals surface area contributed by atoms with Gasteiger partial charge < -0.3 is 28.6 Å². The van der Waals surface area contributed by atoms with Crippen LogP contribution in [0.4, 0.5) is 23.8 Å². The molecule has 3 aromatic carbocycles. The molecule has 0 spiro atoms. The highest BCUT2D eigenvalue weighted by Gasteiger charge is 2.46. The van der Waals surface area contributed by atoms with Crippen molar-refractivity contribution in [3.63, 3.8) is 0 Å². The van der Waals surface area contributed by atoms with Gasteiger partial charge in [-0.25, -0.2) is 18.0 Å². The van der Waals surface area contributed by atoms with E-state index in [2.05, 4.69) is 9.97 Å². The molecule has 0 N–H and O–H groups in total. The summed E-state index contributed by atoms with van der Waals surface area (Å²) in [6.45, 7) is 7.80. The molecule has 3 aliphatic rings. The molecule has 4 aromatic rings. The fourth-order valence-electron chi connectivity index (χ4n) is 7.31. The Bertz CT molecular complexity index is 2020. The summed E-state index contributed by atoms with van der Waals surface area (Å²) in [6.07, 6.45) is 3.49. The third-order valence-electron chi connectivity index (χ3n) is 9.97. The summed E-state index contributed by atoms with van der Waals surface area (Å²) in [5.74, 6) is -1.85. The van der Waals surface area contributed by atoms with Gasteiger partial charge in [0.15, 0.2) is 12.6 Å². The Morgan fingerprint density at radius 2 is 1.75 bits per heavy atom. The lowest BCUT2D eigenvalue weighted by Crippen LogP contribution is -2.57. The number of aldehydes is 1. The van der Waals surface area contributed by atoms with Gasteiger partial charge in [-0.15, -0.1) is 0 Å². The van der Waals surface area contributed by atoms with Crippen LogP contribution in [-0.4, -0.2) is 78.5 Å². The fourth-order valence-corrected chi connectivity index (χ4v) is 7.31. The standard InChI is InChI=1S/C38H41F3N4O6/c1-6-25-28(39)10-7-21-13-24(50-20-48-5)14-26(30(21)25)31-29(40)15-27-33(32(31)41)42-35(49-19-38(18-46)11-12-38)43-34(27)44-16-22-8-9-23(17-44)45(22)36(47)51-37(2,3)4/h7,10,13-15,18,22-23H,6,8-9,11-12,16-17,19-20H2,1-5H3. The Kier molecular flexibility index (Phi) is 8.97. The second kappa shape index (κ2) is 13.2. The number of aryl methyl sites for hydroxylation is 1. The topological polar surface area (TPSA) is 103 Å². The van der Waals surface area contributed by atoms with Crippen molar-refractivity contribution >= 4 is 39.9 Å². The quantitative estimate of drug-likeness (QED) is 0.124. The zero-order chi connectivity index (χ0) is 36.2. The van der Waals surface area contributed by atoms with Crippen LogP contribution in [0.5, 0.6) is 11.8 Å². The normalized spacial score (nSPS) is 19.5. The summed E-state index contributed by atoms with van der Waals surface area (Å²) in [4.78, 5) is 37.7. The minimum Gasteiger partial charge on any atom is -0.468 e. The van der Waals surface area contributed by atoms with E-state index in [0.29, 0.717) is 42.3 Å². The van der Waals surface area contributed by atoms with Gasteiger partial charge in [-0.1, -0.05) is 13.0 Å². The van der Waals surface area contributed by atoms with E-state index in [-0.39, 0.29) is 65.9 Å². The summed E-state index contributed by atoms with van der Waals surface area (Å²) in [5.41, 5.74) is -1.53. The molecular formula is C38H41F3N4O6. The van der Waals surface area contributed by atoms with Gasteiger partial charge in [-0.2, -0.15) is 9.97 Å². The maximum atomic E-state index is 17.1. The number of methoxy groups -OCH3 is 1. The lowest BCUT2D eigenvalue weighted by Gasteiger charge is -2.42. The van der Waals surface area contributed by atoms with Gasteiger partial charge >= 0.3 is 12.1 Å². The Morgan fingerprint density at radius 1 is 1.02 bits per heavy atom. The van der Waals surface area contributed by atoms with Crippen molar-refractivity contribution in [1.82, 2.24) is 14.9 Å². The van der Waals surface area contributed by atoms with Gasteiger partial charge in [0.1, 0.15) is 47.2 Å². The summed E-state index contributed by atoms with van der Waals surface area (Å²) < 4.78 is 71.3. The van der Waals surface area contributed by atoms with E-state index in [1.807, 2.05) is 25.7 Å². The summed E-state index contributed by atoms with van der Waals surface area (Å²) >= 11 is 0. The Morgan fingerprint density at radius 3 is 2.37 bits per heavy atom. The van der Waals surface area contributed by atoms with E-state index in [9.17, 15) is 9.59 Å². The highest BCUT2D eigenvalue weighted by Crippen LogP contribution is 2.45. The number of aromatic nitrogens is 2. The lowest BCUT2D eigenvalue weighted by molar-refractivity contribution is -0.113. The van der Waals surface area contributed by atoms with Crippen LogP contribution in [0.2, 0.25) is 0 Å². The number of carbonyl (C=O) groups is 2. The fraction of sp³-hybridized carbons (Fsp3) is 0.474. The summed E-state index contributed by atoms with van der Waals surface area (Å²) in [7, 11) is 1.45. The monoisotopic (exact) mass is 706 g/mol. The second-order valence-corrected chi connectivity index (χ2v) is 14.7. The zero-order valence-corrected chi connectivity index (χ0v) is 29.4. The number of piperazine rings is 1. The number of carbonyl (C=O) groups excluding carboxylic acids is 2. The molecule has 3 heterocycles. The van der Waals surface area contributed by atoms with E-state index < -0.39 is 40.1 Å².